The molecule has 0 amide bonds. The highest BCUT2D eigenvalue weighted by atomic mass is 35.5. The predicted octanol–water partition coefficient (Wildman–Crippen LogP) is 4.80. The average Bonchev–Trinajstić information content (AvgIpc) is 2.91. The number of rotatable bonds is 7. The molecule has 0 radical (unpaired) electrons. The van der Waals surface area contributed by atoms with Crippen LogP contribution in [-0.4, -0.2) is 12.6 Å². The van der Waals surface area contributed by atoms with Crippen LogP contribution >= 0.6 is 22.9 Å². The molecule has 0 aliphatic heterocycles. The molecule has 108 valence electrons. The number of benzene rings is 1. The summed E-state index contributed by atoms with van der Waals surface area (Å²) >= 11 is 7.80. The van der Waals surface area contributed by atoms with Crippen molar-refractivity contribution in [3.05, 3.63) is 57.2 Å². The third-order valence-corrected chi connectivity index (χ3v) is 4.47. The Morgan fingerprint density at radius 3 is 2.45 bits per heavy atom. The fourth-order valence-electron chi connectivity index (χ4n) is 2.29. The normalized spacial score (nSPS) is 12.8. The molecule has 0 spiro atoms. The summed E-state index contributed by atoms with van der Waals surface area (Å²) in [7, 11) is 0. The molecule has 2 rings (SSSR count). The maximum absolute atomic E-state index is 5.96. The summed E-state index contributed by atoms with van der Waals surface area (Å²) in [6.07, 6.45) is 2.23. The first-order valence-electron chi connectivity index (χ1n) is 7.13. The van der Waals surface area contributed by atoms with Gasteiger partial charge in [-0.15, -0.1) is 11.3 Å². The molecular formula is C17H22ClNS. The van der Waals surface area contributed by atoms with Crippen molar-refractivity contribution >= 4 is 22.9 Å². The fourth-order valence-corrected chi connectivity index (χ4v) is 3.23. The molecule has 2 aromatic rings. The Kier molecular flexibility index (Phi) is 6.08. The Balaban J connectivity index is 1.99. The number of nitrogens with one attached hydrogen (secondary N) is 1. The highest BCUT2D eigenvalue weighted by Gasteiger charge is 2.12. The molecule has 1 unspecified atom stereocenters. The molecule has 0 fully saturated rings. The molecule has 3 heteroatoms. The van der Waals surface area contributed by atoms with Crippen LogP contribution in [0, 0.1) is 5.92 Å². The summed E-state index contributed by atoms with van der Waals surface area (Å²) in [4.78, 5) is 1.47. The second-order valence-electron chi connectivity index (χ2n) is 5.54. The first kappa shape index (κ1) is 15.6. The molecule has 0 bridgehead atoms. The minimum Gasteiger partial charge on any atom is -0.314 e. The highest BCUT2D eigenvalue weighted by molar-refractivity contribution is 7.09. The number of hydrogen-bond donors (Lipinski definition) is 1. The Morgan fingerprint density at radius 1 is 1.10 bits per heavy atom. The average molecular weight is 308 g/mol. The van der Waals surface area contributed by atoms with Crippen LogP contribution in [0.1, 0.15) is 24.3 Å². The van der Waals surface area contributed by atoms with Crippen molar-refractivity contribution < 1.29 is 0 Å². The van der Waals surface area contributed by atoms with E-state index in [0.717, 1.165) is 24.4 Å². The van der Waals surface area contributed by atoms with E-state index in [2.05, 4.69) is 48.8 Å². The molecule has 1 N–H and O–H groups in total. The van der Waals surface area contributed by atoms with Gasteiger partial charge in [-0.05, 0) is 54.4 Å². The lowest BCUT2D eigenvalue weighted by molar-refractivity contribution is 0.446. The molecule has 1 atom stereocenters. The predicted molar refractivity (Wildman–Crippen MR) is 89.8 cm³/mol. The van der Waals surface area contributed by atoms with Crippen LogP contribution < -0.4 is 5.32 Å². The van der Waals surface area contributed by atoms with E-state index in [9.17, 15) is 0 Å². The van der Waals surface area contributed by atoms with Crippen LogP contribution in [0.15, 0.2) is 41.8 Å². The van der Waals surface area contributed by atoms with Crippen molar-refractivity contribution in [1.82, 2.24) is 5.32 Å². The minimum absolute atomic E-state index is 0.533. The lowest BCUT2D eigenvalue weighted by Gasteiger charge is -2.19. The van der Waals surface area contributed by atoms with Gasteiger partial charge in [-0.2, -0.15) is 0 Å². The second-order valence-corrected chi connectivity index (χ2v) is 7.01. The Bertz CT molecular complexity index is 490. The van der Waals surface area contributed by atoms with E-state index in [1.165, 1.54) is 10.4 Å². The lowest BCUT2D eigenvalue weighted by Crippen LogP contribution is -2.30. The van der Waals surface area contributed by atoms with Crippen molar-refractivity contribution in [2.75, 3.05) is 6.54 Å². The first-order chi connectivity index (χ1) is 9.63. The lowest BCUT2D eigenvalue weighted by atomic mass is 9.95. The molecule has 20 heavy (non-hydrogen) atoms. The van der Waals surface area contributed by atoms with Crippen LogP contribution in [0.5, 0.6) is 0 Å². The van der Waals surface area contributed by atoms with Gasteiger partial charge in [0.05, 0.1) is 0 Å². The zero-order valence-electron chi connectivity index (χ0n) is 12.1. The quantitative estimate of drug-likeness (QED) is 0.774. The van der Waals surface area contributed by atoms with Gasteiger partial charge < -0.3 is 5.32 Å². The van der Waals surface area contributed by atoms with E-state index in [1.54, 1.807) is 0 Å². The Labute approximate surface area is 131 Å². The van der Waals surface area contributed by atoms with Crippen LogP contribution in [0.25, 0.3) is 0 Å². The zero-order chi connectivity index (χ0) is 14.4. The van der Waals surface area contributed by atoms with E-state index >= 15 is 0 Å². The standard InChI is InChI=1S/C17H22ClNS/c1-13(2)19-12-15(11-17-4-3-9-20-17)10-14-5-7-16(18)8-6-14/h3-9,13,15,19H,10-12H2,1-2H3. The van der Waals surface area contributed by atoms with Gasteiger partial charge >= 0.3 is 0 Å². The summed E-state index contributed by atoms with van der Waals surface area (Å²) in [6.45, 7) is 5.45. The van der Waals surface area contributed by atoms with Gasteiger partial charge in [-0.3, -0.25) is 0 Å². The van der Waals surface area contributed by atoms with Crippen molar-refractivity contribution in [2.24, 2.45) is 5.92 Å². The van der Waals surface area contributed by atoms with E-state index in [4.69, 9.17) is 11.6 Å². The van der Waals surface area contributed by atoms with Crippen LogP contribution in [-0.2, 0) is 12.8 Å². The van der Waals surface area contributed by atoms with E-state index in [1.807, 2.05) is 23.5 Å². The molecule has 1 aromatic heterocycles. The highest BCUT2D eigenvalue weighted by Crippen LogP contribution is 2.19. The summed E-state index contributed by atoms with van der Waals surface area (Å²) in [5.74, 6) is 0.622. The van der Waals surface area contributed by atoms with Gasteiger partial charge in [0.1, 0.15) is 0 Å². The first-order valence-corrected chi connectivity index (χ1v) is 8.39. The van der Waals surface area contributed by atoms with E-state index < -0.39 is 0 Å². The SMILES string of the molecule is CC(C)NCC(Cc1ccc(Cl)cc1)Cc1cccs1. The van der Waals surface area contributed by atoms with Gasteiger partial charge in [-0.1, -0.05) is 43.6 Å². The van der Waals surface area contributed by atoms with Gasteiger partial charge in [-0.25, -0.2) is 0 Å². The summed E-state index contributed by atoms with van der Waals surface area (Å²) in [5.41, 5.74) is 1.36. The maximum Gasteiger partial charge on any atom is 0.0406 e. The second kappa shape index (κ2) is 7.82. The third-order valence-electron chi connectivity index (χ3n) is 3.32. The van der Waals surface area contributed by atoms with Crippen LogP contribution in [0.4, 0.5) is 0 Å². The molecule has 0 aliphatic carbocycles. The van der Waals surface area contributed by atoms with Crippen LogP contribution in [0.2, 0.25) is 5.02 Å². The molecule has 0 saturated heterocycles. The molecule has 1 nitrogen and oxygen atoms in total. The monoisotopic (exact) mass is 307 g/mol. The number of hydrogen-bond acceptors (Lipinski definition) is 2. The van der Waals surface area contributed by atoms with Gasteiger partial charge in [0.15, 0.2) is 0 Å². The maximum atomic E-state index is 5.96. The summed E-state index contributed by atoms with van der Waals surface area (Å²) in [5, 5.41) is 6.53. The minimum atomic E-state index is 0.533. The Hall–Kier alpha value is -0.830. The van der Waals surface area contributed by atoms with Gasteiger partial charge in [0, 0.05) is 15.9 Å². The zero-order valence-corrected chi connectivity index (χ0v) is 13.7. The van der Waals surface area contributed by atoms with Crippen molar-refractivity contribution in [1.29, 1.82) is 0 Å². The molecular weight excluding hydrogens is 286 g/mol. The molecule has 0 aliphatic rings. The third kappa shape index (κ3) is 5.28. The smallest absolute Gasteiger partial charge is 0.0406 e. The summed E-state index contributed by atoms with van der Waals surface area (Å²) < 4.78 is 0. The van der Waals surface area contributed by atoms with Crippen LogP contribution in [0.3, 0.4) is 0 Å². The van der Waals surface area contributed by atoms with E-state index in [0.29, 0.717) is 12.0 Å². The van der Waals surface area contributed by atoms with Crippen molar-refractivity contribution in [3.8, 4) is 0 Å². The van der Waals surface area contributed by atoms with E-state index in [-0.39, 0.29) is 0 Å². The fraction of sp³-hybridized carbons (Fsp3) is 0.412. The van der Waals surface area contributed by atoms with Gasteiger partial charge in [0.2, 0.25) is 0 Å². The van der Waals surface area contributed by atoms with Crippen molar-refractivity contribution in [2.45, 2.75) is 32.7 Å². The molecule has 0 saturated carbocycles. The Morgan fingerprint density at radius 2 is 1.85 bits per heavy atom. The number of halogens is 1. The molecule has 1 heterocycles. The van der Waals surface area contributed by atoms with Crippen molar-refractivity contribution in [3.63, 3.8) is 0 Å². The topological polar surface area (TPSA) is 12.0 Å². The largest absolute Gasteiger partial charge is 0.314 e. The summed E-state index contributed by atoms with van der Waals surface area (Å²) in [6, 6.07) is 13.1. The molecule has 1 aromatic carbocycles. The number of thiophene rings is 1. The van der Waals surface area contributed by atoms with Gasteiger partial charge in [0.25, 0.3) is 0 Å².